The van der Waals surface area contributed by atoms with Crippen molar-refractivity contribution in [2.24, 2.45) is 5.92 Å². The van der Waals surface area contributed by atoms with E-state index in [0.29, 0.717) is 11.8 Å². The number of ether oxygens (including phenoxy) is 2. The van der Waals surface area contributed by atoms with Crippen LogP contribution in [0.15, 0.2) is 18.2 Å². The molecule has 2 unspecified atom stereocenters. The van der Waals surface area contributed by atoms with Crippen molar-refractivity contribution in [2.75, 3.05) is 20.1 Å². The Morgan fingerprint density at radius 1 is 1.38 bits per heavy atom. The van der Waals surface area contributed by atoms with E-state index in [-0.39, 0.29) is 5.41 Å². The minimum absolute atomic E-state index is 0.180. The lowest BCUT2D eigenvalue weighted by Crippen LogP contribution is -2.07. The maximum atomic E-state index is 5.92. The van der Waals surface area contributed by atoms with Gasteiger partial charge in [-0.05, 0) is 18.4 Å². The molecule has 16 heavy (non-hydrogen) atoms. The van der Waals surface area contributed by atoms with Gasteiger partial charge in [0.05, 0.1) is 14.2 Å². The SMILES string of the molecule is COc1ccc(C2(C)CC2CCl)c(OC)c1. The molecule has 0 radical (unpaired) electrons. The van der Waals surface area contributed by atoms with Crippen molar-refractivity contribution in [2.45, 2.75) is 18.8 Å². The first-order valence-electron chi connectivity index (χ1n) is 5.44. The molecule has 3 heteroatoms. The van der Waals surface area contributed by atoms with Crippen LogP contribution in [0.3, 0.4) is 0 Å². The van der Waals surface area contributed by atoms with E-state index in [0.717, 1.165) is 17.9 Å². The zero-order chi connectivity index (χ0) is 11.8. The van der Waals surface area contributed by atoms with E-state index in [2.05, 4.69) is 13.0 Å². The van der Waals surface area contributed by atoms with Gasteiger partial charge in [-0.3, -0.25) is 0 Å². The van der Waals surface area contributed by atoms with E-state index >= 15 is 0 Å². The molecule has 0 amide bonds. The average molecular weight is 241 g/mol. The third kappa shape index (κ3) is 1.75. The van der Waals surface area contributed by atoms with Crippen LogP contribution in [0.2, 0.25) is 0 Å². The van der Waals surface area contributed by atoms with Gasteiger partial charge in [-0.1, -0.05) is 13.0 Å². The monoisotopic (exact) mass is 240 g/mol. The summed E-state index contributed by atoms with van der Waals surface area (Å²) in [4.78, 5) is 0. The Morgan fingerprint density at radius 3 is 2.62 bits per heavy atom. The van der Waals surface area contributed by atoms with E-state index in [1.54, 1.807) is 14.2 Å². The lowest BCUT2D eigenvalue weighted by Gasteiger charge is -2.16. The van der Waals surface area contributed by atoms with E-state index in [1.165, 1.54) is 5.56 Å². The number of benzene rings is 1. The maximum absolute atomic E-state index is 5.92. The molecule has 88 valence electrons. The highest BCUT2D eigenvalue weighted by molar-refractivity contribution is 6.18. The summed E-state index contributed by atoms with van der Waals surface area (Å²) in [7, 11) is 3.36. The second-order valence-corrected chi connectivity index (χ2v) is 4.85. The fourth-order valence-corrected chi connectivity index (χ4v) is 2.73. The molecule has 1 saturated carbocycles. The summed E-state index contributed by atoms with van der Waals surface area (Å²) < 4.78 is 10.6. The molecule has 2 rings (SSSR count). The van der Waals surface area contributed by atoms with Crippen molar-refractivity contribution in [3.05, 3.63) is 23.8 Å². The molecule has 1 aromatic carbocycles. The van der Waals surface area contributed by atoms with Crippen molar-refractivity contribution in [1.29, 1.82) is 0 Å². The first-order valence-corrected chi connectivity index (χ1v) is 5.97. The van der Waals surface area contributed by atoms with E-state index in [9.17, 15) is 0 Å². The van der Waals surface area contributed by atoms with Crippen LogP contribution in [0.1, 0.15) is 18.9 Å². The van der Waals surface area contributed by atoms with Gasteiger partial charge in [0.2, 0.25) is 0 Å². The molecule has 1 aromatic rings. The lowest BCUT2D eigenvalue weighted by atomic mass is 9.94. The minimum atomic E-state index is 0.180. The standard InChI is InChI=1S/C13H17ClO2/c1-13(7-9(13)8-14)11-5-4-10(15-2)6-12(11)16-3/h4-6,9H,7-8H2,1-3H3. The number of alkyl halides is 1. The van der Waals surface area contributed by atoms with Gasteiger partial charge >= 0.3 is 0 Å². The summed E-state index contributed by atoms with van der Waals surface area (Å²) >= 11 is 5.92. The third-order valence-electron chi connectivity index (χ3n) is 3.62. The van der Waals surface area contributed by atoms with Gasteiger partial charge in [-0.25, -0.2) is 0 Å². The van der Waals surface area contributed by atoms with Crippen LogP contribution >= 0.6 is 11.6 Å². The molecular formula is C13H17ClO2. The van der Waals surface area contributed by atoms with Gasteiger partial charge in [-0.15, -0.1) is 11.6 Å². The van der Waals surface area contributed by atoms with E-state index < -0.39 is 0 Å². The fourth-order valence-electron chi connectivity index (χ4n) is 2.28. The van der Waals surface area contributed by atoms with Crippen LogP contribution in [-0.2, 0) is 5.41 Å². The summed E-state index contributed by atoms with van der Waals surface area (Å²) in [5, 5.41) is 0. The molecule has 1 aliphatic rings. The topological polar surface area (TPSA) is 18.5 Å². The van der Waals surface area contributed by atoms with Crippen molar-refractivity contribution < 1.29 is 9.47 Å². The number of halogens is 1. The molecular weight excluding hydrogens is 224 g/mol. The van der Waals surface area contributed by atoms with Gasteiger partial charge < -0.3 is 9.47 Å². The normalized spacial score (nSPS) is 27.6. The third-order valence-corrected chi connectivity index (χ3v) is 3.99. The number of methoxy groups -OCH3 is 2. The van der Waals surface area contributed by atoms with E-state index in [4.69, 9.17) is 21.1 Å². The second kappa shape index (κ2) is 4.17. The molecule has 0 aliphatic heterocycles. The summed E-state index contributed by atoms with van der Waals surface area (Å²) in [6.07, 6.45) is 1.14. The van der Waals surface area contributed by atoms with Gasteiger partial charge in [0, 0.05) is 22.9 Å². The van der Waals surface area contributed by atoms with Crippen LogP contribution in [0.4, 0.5) is 0 Å². The Balaban J connectivity index is 2.35. The maximum Gasteiger partial charge on any atom is 0.126 e. The van der Waals surface area contributed by atoms with Crippen LogP contribution < -0.4 is 9.47 Å². The Morgan fingerprint density at radius 2 is 2.12 bits per heavy atom. The van der Waals surface area contributed by atoms with Crippen molar-refractivity contribution in [3.63, 3.8) is 0 Å². The molecule has 0 bridgehead atoms. The lowest BCUT2D eigenvalue weighted by molar-refractivity contribution is 0.387. The number of hydrogen-bond acceptors (Lipinski definition) is 2. The smallest absolute Gasteiger partial charge is 0.126 e. The molecule has 0 N–H and O–H groups in total. The van der Waals surface area contributed by atoms with E-state index in [1.807, 2.05) is 12.1 Å². The van der Waals surface area contributed by atoms with Gasteiger partial charge in [0.25, 0.3) is 0 Å². The van der Waals surface area contributed by atoms with Gasteiger partial charge in [-0.2, -0.15) is 0 Å². The summed E-state index contributed by atoms with van der Waals surface area (Å²) in [5.41, 5.74) is 1.42. The molecule has 2 atom stereocenters. The highest BCUT2D eigenvalue weighted by Gasteiger charge is 2.51. The van der Waals surface area contributed by atoms with Crippen LogP contribution in [0.25, 0.3) is 0 Å². The molecule has 1 fully saturated rings. The predicted molar refractivity (Wildman–Crippen MR) is 65.7 cm³/mol. The highest BCUT2D eigenvalue weighted by Crippen LogP contribution is 2.57. The molecule has 1 aliphatic carbocycles. The Labute approximate surface area is 102 Å². The average Bonchev–Trinajstić information content (AvgIpc) is 3.00. The van der Waals surface area contributed by atoms with Gasteiger partial charge in [0.1, 0.15) is 11.5 Å². The first-order chi connectivity index (χ1) is 7.65. The summed E-state index contributed by atoms with van der Waals surface area (Å²) in [6, 6.07) is 6.00. The largest absolute Gasteiger partial charge is 0.497 e. The Kier molecular flexibility index (Phi) is 3.02. The fraction of sp³-hybridized carbons (Fsp3) is 0.538. The molecule has 0 heterocycles. The summed E-state index contributed by atoms with van der Waals surface area (Å²) in [6.45, 7) is 2.24. The van der Waals surface area contributed by atoms with Gasteiger partial charge in [0.15, 0.2) is 0 Å². The highest BCUT2D eigenvalue weighted by atomic mass is 35.5. The van der Waals surface area contributed by atoms with Crippen molar-refractivity contribution in [1.82, 2.24) is 0 Å². The van der Waals surface area contributed by atoms with Crippen LogP contribution in [-0.4, -0.2) is 20.1 Å². The first kappa shape index (κ1) is 11.6. The molecule has 0 aromatic heterocycles. The number of rotatable bonds is 4. The second-order valence-electron chi connectivity index (χ2n) is 4.54. The quantitative estimate of drug-likeness (QED) is 0.753. The zero-order valence-electron chi connectivity index (χ0n) is 9.92. The zero-order valence-corrected chi connectivity index (χ0v) is 10.7. The van der Waals surface area contributed by atoms with Crippen molar-refractivity contribution in [3.8, 4) is 11.5 Å². The molecule has 2 nitrogen and oxygen atoms in total. The van der Waals surface area contributed by atoms with Crippen LogP contribution in [0, 0.1) is 5.92 Å². The molecule has 0 saturated heterocycles. The Hall–Kier alpha value is -0.890. The van der Waals surface area contributed by atoms with Crippen molar-refractivity contribution >= 4 is 11.6 Å². The van der Waals surface area contributed by atoms with Crippen LogP contribution in [0.5, 0.6) is 11.5 Å². The molecule has 0 spiro atoms. The minimum Gasteiger partial charge on any atom is -0.497 e. The Bertz CT molecular complexity index is 392. The number of hydrogen-bond donors (Lipinski definition) is 0. The predicted octanol–water partition coefficient (Wildman–Crippen LogP) is 3.22. The summed E-state index contributed by atoms with van der Waals surface area (Å²) in [5.74, 6) is 3.00.